The molecule has 1 aliphatic heterocycles. The van der Waals surface area contributed by atoms with Crippen LogP contribution in [0.1, 0.15) is 23.7 Å². The van der Waals surface area contributed by atoms with E-state index in [4.69, 9.17) is 4.74 Å². The van der Waals surface area contributed by atoms with Gasteiger partial charge in [0.25, 0.3) is 5.91 Å². The van der Waals surface area contributed by atoms with Gasteiger partial charge in [-0.15, -0.1) is 13.2 Å². The summed E-state index contributed by atoms with van der Waals surface area (Å²) in [5, 5.41) is 13.3. The SMILES string of the molecule is CC1(CNC(=O)c2ccccc2OC(F)(F)F)CCn2cc([N+](=O)[O-])nc2O1. The number of amides is 1. The molecule has 2 aromatic rings. The molecule has 2 heterocycles. The normalized spacial score (nSPS) is 18.7. The molecule has 1 aromatic heterocycles. The lowest BCUT2D eigenvalue weighted by molar-refractivity contribution is -0.389. The average molecular weight is 400 g/mol. The number of imidazole rings is 1. The highest BCUT2D eigenvalue weighted by Crippen LogP contribution is 2.30. The predicted octanol–water partition coefficient (Wildman–Crippen LogP) is 2.66. The minimum absolute atomic E-state index is 0.0375. The van der Waals surface area contributed by atoms with Gasteiger partial charge in [0.2, 0.25) is 0 Å². The molecule has 0 saturated carbocycles. The van der Waals surface area contributed by atoms with Gasteiger partial charge in [-0.2, -0.15) is 0 Å². The number of ether oxygens (including phenoxy) is 2. The van der Waals surface area contributed by atoms with Crippen molar-refractivity contribution >= 4 is 11.7 Å². The molecule has 28 heavy (non-hydrogen) atoms. The standard InChI is InChI=1S/C16H15F3N4O5/c1-15(6-7-22-8-12(23(25)26)21-14(22)28-15)9-20-13(24)10-4-2-3-5-11(10)27-16(17,18)19/h2-5,8H,6-7,9H2,1H3,(H,20,24). The van der Waals surface area contributed by atoms with E-state index in [1.807, 2.05) is 0 Å². The number of carbonyl (C=O) groups is 1. The van der Waals surface area contributed by atoms with Crippen molar-refractivity contribution in [1.29, 1.82) is 0 Å². The molecule has 0 radical (unpaired) electrons. The van der Waals surface area contributed by atoms with Crippen LogP contribution in [0.4, 0.5) is 19.0 Å². The molecule has 150 valence electrons. The summed E-state index contributed by atoms with van der Waals surface area (Å²) in [6.45, 7) is 1.98. The van der Waals surface area contributed by atoms with Gasteiger partial charge in [0, 0.05) is 17.9 Å². The smallest absolute Gasteiger partial charge is 0.438 e. The van der Waals surface area contributed by atoms with Crippen LogP contribution >= 0.6 is 0 Å². The van der Waals surface area contributed by atoms with Crippen LogP contribution < -0.4 is 14.8 Å². The first-order valence-corrected chi connectivity index (χ1v) is 8.10. The van der Waals surface area contributed by atoms with Crippen molar-refractivity contribution in [3.63, 3.8) is 0 Å². The molecule has 1 N–H and O–H groups in total. The van der Waals surface area contributed by atoms with Crippen LogP contribution in [0.25, 0.3) is 0 Å². The summed E-state index contributed by atoms with van der Waals surface area (Å²) in [5.74, 6) is -1.75. The zero-order valence-corrected chi connectivity index (χ0v) is 14.5. The van der Waals surface area contributed by atoms with Gasteiger partial charge < -0.3 is 24.9 Å². The largest absolute Gasteiger partial charge is 0.573 e. The zero-order chi connectivity index (χ0) is 20.5. The Bertz CT molecular complexity index is 914. The second-order valence-corrected chi connectivity index (χ2v) is 6.36. The van der Waals surface area contributed by atoms with E-state index in [1.165, 1.54) is 29.0 Å². The van der Waals surface area contributed by atoms with Crippen molar-refractivity contribution in [2.75, 3.05) is 6.54 Å². The van der Waals surface area contributed by atoms with E-state index in [9.17, 15) is 28.1 Å². The van der Waals surface area contributed by atoms with Gasteiger partial charge in [0.1, 0.15) is 17.5 Å². The Morgan fingerprint density at radius 1 is 1.46 bits per heavy atom. The molecule has 1 amide bonds. The lowest BCUT2D eigenvalue weighted by atomic mass is 10.0. The summed E-state index contributed by atoms with van der Waals surface area (Å²) in [4.78, 5) is 26.3. The quantitative estimate of drug-likeness (QED) is 0.611. The van der Waals surface area contributed by atoms with Crippen LogP contribution in [-0.4, -0.2) is 38.9 Å². The van der Waals surface area contributed by atoms with Crippen molar-refractivity contribution in [3.05, 3.63) is 46.1 Å². The number of nitrogens with one attached hydrogen (secondary N) is 1. The van der Waals surface area contributed by atoms with Gasteiger partial charge in [-0.3, -0.25) is 9.36 Å². The number of alkyl halides is 3. The van der Waals surface area contributed by atoms with Crippen molar-refractivity contribution in [3.8, 4) is 11.8 Å². The van der Waals surface area contributed by atoms with E-state index in [2.05, 4.69) is 15.0 Å². The summed E-state index contributed by atoms with van der Waals surface area (Å²) >= 11 is 0. The number of hydrogen-bond acceptors (Lipinski definition) is 6. The number of nitrogens with zero attached hydrogens (tertiary/aromatic N) is 3. The molecule has 1 aromatic carbocycles. The maximum Gasteiger partial charge on any atom is 0.573 e. The summed E-state index contributed by atoms with van der Waals surface area (Å²) in [6.07, 6.45) is -3.28. The maximum absolute atomic E-state index is 12.5. The molecule has 0 fully saturated rings. The first kappa shape index (κ1) is 19.5. The molecule has 12 heteroatoms. The number of aromatic nitrogens is 2. The van der Waals surface area contributed by atoms with Crippen LogP contribution in [0.3, 0.4) is 0 Å². The number of nitro groups is 1. The topological polar surface area (TPSA) is 109 Å². The van der Waals surface area contributed by atoms with E-state index >= 15 is 0 Å². The van der Waals surface area contributed by atoms with Gasteiger partial charge in [0.15, 0.2) is 0 Å². The van der Waals surface area contributed by atoms with Crippen molar-refractivity contribution in [1.82, 2.24) is 14.9 Å². The van der Waals surface area contributed by atoms with Crippen molar-refractivity contribution < 1.29 is 32.4 Å². The highest BCUT2D eigenvalue weighted by atomic mass is 19.4. The van der Waals surface area contributed by atoms with Gasteiger partial charge in [-0.25, -0.2) is 0 Å². The fourth-order valence-corrected chi connectivity index (χ4v) is 2.70. The van der Waals surface area contributed by atoms with Crippen LogP contribution in [0.15, 0.2) is 30.5 Å². The molecule has 1 atom stereocenters. The van der Waals surface area contributed by atoms with E-state index < -0.39 is 28.5 Å². The summed E-state index contributed by atoms with van der Waals surface area (Å²) in [7, 11) is 0. The first-order chi connectivity index (χ1) is 13.1. The molecule has 0 bridgehead atoms. The van der Waals surface area contributed by atoms with Crippen molar-refractivity contribution in [2.24, 2.45) is 0 Å². The lowest BCUT2D eigenvalue weighted by Crippen LogP contribution is -2.48. The van der Waals surface area contributed by atoms with Crippen LogP contribution in [0.5, 0.6) is 11.8 Å². The number of aryl methyl sites for hydroxylation is 1. The predicted molar refractivity (Wildman–Crippen MR) is 88.0 cm³/mol. The van der Waals surface area contributed by atoms with Crippen molar-refractivity contribution in [2.45, 2.75) is 31.9 Å². The molecule has 1 aliphatic rings. The number of hydrogen-bond donors (Lipinski definition) is 1. The van der Waals surface area contributed by atoms with Gasteiger partial charge in [0.05, 0.1) is 12.1 Å². The molecule has 9 nitrogen and oxygen atoms in total. The van der Waals surface area contributed by atoms with Crippen LogP contribution in [-0.2, 0) is 6.54 Å². The van der Waals surface area contributed by atoms with E-state index in [0.29, 0.717) is 13.0 Å². The Balaban J connectivity index is 1.69. The third-order valence-electron chi connectivity index (χ3n) is 4.11. The van der Waals surface area contributed by atoms with Crippen LogP contribution in [0.2, 0.25) is 0 Å². The lowest BCUT2D eigenvalue weighted by Gasteiger charge is -2.32. The van der Waals surface area contributed by atoms with E-state index in [0.717, 1.165) is 6.07 Å². The third kappa shape index (κ3) is 4.32. The number of carbonyl (C=O) groups excluding carboxylic acids is 1. The zero-order valence-electron chi connectivity index (χ0n) is 14.5. The molecule has 1 unspecified atom stereocenters. The number of halogens is 3. The average Bonchev–Trinajstić information content (AvgIpc) is 3.02. The highest BCUT2D eigenvalue weighted by molar-refractivity contribution is 5.96. The number of para-hydroxylation sites is 1. The first-order valence-electron chi connectivity index (χ1n) is 8.10. The van der Waals surface area contributed by atoms with Crippen LogP contribution in [0, 0.1) is 10.1 Å². The van der Waals surface area contributed by atoms with Gasteiger partial charge in [-0.05, 0) is 24.0 Å². The summed E-state index contributed by atoms with van der Waals surface area (Å²) in [5.41, 5.74) is -1.22. The van der Waals surface area contributed by atoms with Gasteiger partial charge >= 0.3 is 18.2 Å². The Hall–Kier alpha value is -3.31. The second-order valence-electron chi connectivity index (χ2n) is 6.36. The Kier molecular flexibility index (Phi) is 4.87. The Morgan fingerprint density at radius 2 is 2.18 bits per heavy atom. The number of benzene rings is 1. The minimum Gasteiger partial charge on any atom is -0.438 e. The molecule has 0 aliphatic carbocycles. The molecule has 3 rings (SSSR count). The maximum atomic E-state index is 12.5. The Labute approximate surface area is 156 Å². The molecule has 0 saturated heterocycles. The number of rotatable bonds is 5. The highest BCUT2D eigenvalue weighted by Gasteiger charge is 2.37. The molecule has 0 spiro atoms. The summed E-state index contributed by atoms with van der Waals surface area (Å²) < 4.78 is 48.5. The fraction of sp³-hybridized carbons (Fsp3) is 0.375. The van der Waals surface area contributed by atoms with E-state index in [1.54, 1.807) is 6.92 Å². The Morgan fingerprint density at radius 3 is 2.86 bits per heavy atom. The second kappa shape index (κ2) is 7.02. The summed E-state index contributed by atoms with van der Waals surface area (Å²) in [6, 6.07) is 5.01. The van der Waals surface area contributed by atoms with Gasteiger partial charge in [-0.1, -0.05) is 12.1 Å². The molecular formula is C16H15F3N4O5. The monoisotopic (exact) mass is 400 g/mol. The molecular weight excluding hydrogens is 385 g/mol. The fourth-order valence-electron chi connectivity index (χ4n) is 2.70. The number of fused-ring (bicyclic) bond motifs is 1. The van der Waals surface area contributed by atoms with E-state index in [-0.39, 0.29) is 23.9 Å². The third-order valence-corrected chi connectivity index (χ3v) is 4.11. The minimum atomic E-state index is -4.93.